The standard InChI is InChI=1S/C14H20N2O2/c1-3-16(11-14(18)15-2)10-9-13(17)12-7-5-4-6-8-12/h4-8H,3,9-11H2,1-2H3,(H,15,18). The van der Waals surface area contributed by atoms with Crippen molar-refractivity contribution in [3.8, 4) is 0 Å². The summed E-state index contributed by atoms with van der Waals surface area (Å²) in [6, 6.07) is 9.24. The Morgan fingerprint density at radius 2 is 1.89 bits per heavy atom. The lowest BCUT2D eigenvalue weighted by Gasteiger charge is -2.18. The van der Waals surface area contributed by atoms with Gasteiger partial charge in [-0.05, 0) is 6.54 Å². The zero-order chi connectivity index (χ0) is 13.4. The quantitative estimate of drug-likeness (QED) is 0.741. The molecule has 0 spiro atoms. The van der Waals surface area contributed by atoms with Gasteiger partial charge in [-0.3, -0.25) is 14.5 Å². The first-order chi connectivity index (χ1) is 8.67. The highest BCUT2D eigenvalue weighted by atomic mass is 16.2. The van der Waals surface area contributed by atoms with Crippen molar-refractivity contribution in [2.45, 2.75) is 13.3 Å². The van der Waals surface area contributed by atoms with E-state index >= 15 is 0 Å². The first kappa shape index (κ1) is 14.4. The van der Waals surface area contributed by atoms with Crippen molar-refractivity contribution in [1.29, 1.82) is 0 Å². The van der Waals surface area contributed by atoms with Crippen LogP contribution in [0.15, 0.2) is 30.3 Å². The molecule has 0 aromatic heterocycles. The van der Waals surface area contributed by atoms with Crippen molar-refractivity contribution in [3.05, 3.63) is 35.9 Å². The van der Waals surface area contributed by atoms with Crippen LogP contribution in [-0.2, 0) is 4.79 Å². The van der Waals surface area contributed by atoms with Crippen molar-refractivity contribution in [2.24, 2.45) is 0 Å². The molecule has 0 aliphatic heterocycles. The number of amides is 1. The fraction of sp³-hybridized carbons (Fsp3) is 0.429. The summed E-state index contributed by atoms with van der Waals surface area (Å²) in [5.41, 5.74) is 0.730. The van der Waals surface area contributed by atoms with Gasteiger partial charge in [0, 0.05) is 25.6 Å². The molecule has 1 amide bonds. The molecule has 0 radical (unpaired) electrons. The van der Waals surface area contributed by atoms with Gasteiger partial charge in [-0.2, -0.15) is 0 Å². The smallest absolute Gasteiger partial charge is 0.233 e. The highest BCUT2D eigenvalue weighted by Crippen LogP contribution is 2.04. The number of ketones is 1. The van der Waals surface area contributed by atoms with Gasteiger partial charge in [-0.1, -0.05) is 37.3 Å². The number of hydrogen-bond donors (Lipinski definition) is 1. The van der Waals surface area contributed by atoms with Crippen LogP contribution in [0, 0.1) is 0 Å². The van der Waals surface area contributed by atoms with Crippen LogP contribution in [0.5, 0.6) is 0 Å². The number of benzene rings is 1. The summed E-state index contributed by atoms with van der Waals surface area (Å²) in [6.45, 7) is 3.69. The molecule has 0 heterocycles. The zero-order valence-corrected chi connectivity index (χ0v) is 11.0. The van der Waals surface area contributed by atoms with Gasteiger partial charge in [0.1, 0.15) is 0 Å². The van der Waals surface area contributed by atoms with Gasteiger partial charge in [0.25, 0.3) is 0 Å². The minimum Gasteiger partial charge on any atom is -0.358 e. The van der Waals surface area contributed by atoms with Gasteiger partial charge in [0.15, 0.2) is 5.78 Å². The van der Waals surface area contributed by atoms with Gasteiger partial charge in [-0.15, -0.1) is 0 Å². The Morgan fingerprint density at radius 3 is 2.44 bits per heavy atom. The third-order valence-corrected chi connectivity index (χ3v) is 2.84. The van der Waals surface area contributed by atoms with Crippen molar-refractivity contribution >= 4 is 11.7 Å². The average Bonchev–Trinajstić information content (AvgIpc) is 2.43. The number of nitrogens with zero attached hydrogens (tertiary/aromatic N) is 1. The highest BCUT2D eigenvalue weighted by Gasteiger charge is 2.10. The molecule has 0 fully saturated rings. The molecule has 0 atom stereocenters. The van der Waals surface area contributed by atoms with E-state index in [1.165, 1.54) is 0 Å². The Hall–Kier alpha value is -1.68. The van der Waals surface area contributed by atoms with Crippen LogP contribution < -0.4 is 5.32 Å². The summed E-state index contributed by atoms with van der Waals surface area (Å²) in [4.78, 5) is 25.1. The lowest BCUT2D eigenvalue weighted by Crippen LogP contribution is -2.36. The van der Waals surface area contributed by atoms with E-state index in [9.17, 15) is 9.59 Å². The molecule has 4 heteroatoms. The number of rotatable bonds is 7. The minimum absolute atomic E-state index is 0.0241. The third kappa shape index (κ3) is 4.67. The van der Waals surface area contributed by atoms with E-state index in [0.29, 0.717) is 19.5 Å². The molecule has 1 aromatic rings. The van der Waals surface area contributed by atoms with Crippen LogP contribution >= 0.6 is 0 Å². The highest BCUT2D eigenvalue weighted by molar-refractivity contribution is 5.96. The molecule has 0 bridgehead atoms. The van der Waals surface area contributed by atoms with Crippen LogP contribution in [0.1, 0.15) is 23.7 Å². The second-order valence-corrected chi connectivity index (χ2v) is 4.08. The van der Waals surface area contributed by atoms with Crippen molar-refractivity contribution < 1.29 is 9.59 Å². The maximum atomic E-state index is 11.9. The first-order valence-electron chi connectivity index (χ1n) is 6.18. The average molecular weight is 248 g/mol. The molecule has 98 valence electrons. The van der Waals surface area contributed by atoms with Crippen molar-refractivity contribution in [3.63, 3.8) is 0 Å². The second kappa shape index (κ2) is 7.61. The molecule has 0 aliphatic rings. The van der Waals surface area contributed by atoms with Crippen LogP contribution in [-0.4, -0.2) is 43.3 Å². The zero-order valence-electron chi connectivity index (χ0n) is 11.0. The lowest BCUT2D eigenvalue weighted by molar-refractivity contribution is -0.121. The lowest BCUT2D eigenvalue weighted by atomic mass is 10.1. The molecule has 0 saturated heterocycles. The predicted molar refractivity (Wildman–Crippen MR) is 71.6 cm³/mol. The van der Waals surface area contributed by atoms with E-state index < -0.39 is 0 Å². The van der Waals surface area contributed by atoms with E-state index in [0.717, 1.165) is 12.1 Å². The Bertz CT molecular complexity index is 390. The molecule has 1 rings (SSSR count). The number of Topliss-reactive ketones (excluding diaryl/α,β-unsaturated/α-hetero) is 1. The minimum atomic E-state index is -0.0241. The number of carbonyl (C=O) groups excluding carboxylic acids is 2. The van der Waals surface area contributed by atoms with Crippen molar-refractivity contribution in [1.82, 2.24) is 10.2 Å². The summed E-state index contributed by atoms with van der Waals surface area (Å²) in [6.07, 6.45) is 0.439. The Balaban J connectivity index is 2.43. The first-order valence-corrected chi connectivity index (χ1v) is 6.18. The normalized spacial score (nSPS) is 10.4. The molecular weight excluding hydrogens is 228 g/mol. The molecule has 4 nitrogen and oxygen atoms in total. The van der Waals surface area contributed by atoms with Gasteiger partial charge in [-0.25, -0.2) is 0 Å². The van der Waals surface area contributed by atoms with Crippen molar-refractivity contribution in [2.75, 3.05) is 26.7 Å². The predicted octanol–water partition coefficient (Wildman–Crippen LogP) is 1.33. The summed E-state index contributed by atoms with van der Waals surface area (Å²) in [5.74, 6) is 0.0926. The largest absolute Gasteiger partial charge is 0.358 e. The monoisotopic (exact) mass is 248 g/mol. The molecule has 0 unspecified atom stereocenters. The van der Waals surface area contributed by atoms with Crippen LogP contribution in [0.25, 0.3) is 0 Å². The van der Waals surface area contributed by atoms with E-state index in [-0.39, 0.29) is 11.7 Å². The SMILES string of the molecule is CCN(CCC(=O)c1ccccc1)CC(=O)NC. The molecule has 1 N–H and O–H groups in total. The molecular formula is C14H20N2O2. The number of hydrogen-bond acceptors (Lipinski definition) is 3. The number of carbonyl (C=O) groups is 2. The second-order valence-electron chi connectivity index (χ2n) is 4.08. The van der Waals surface area contributed by atoms with Gasteiger partial charge >= 0.3 is 0 Å². The van der Waals surface area contributed by atoms with Gasteiger partial charge < -0.3 is 5.32 Å². The molecule has 0 aliphatic carbocycles. The fourth-order valence-electron chi connectivity index (χ4n) is 1.66. The Morgan fingerprint density at radius 1 is 1.22 bits per heavy atom. The van der Waals surface area contributed by atoms with Crippen LogP contribution in [0.3, 0.4) is 0 Å². The van der Waals surface area contributed by atoms with E-state index in [1.54, 1.807) is 7.05 Å². The van der Waals surface area contributed by atoms with E-state index in [4.69, 9.17) is 0 Å². The summed E-state index contributed by atoms with van der Waals surface area (Å²) in [7, 11) is 1.62. The summed E-state index contributed by atoms with van der Waals surface area (Å²) < 4.78 is 0. The Kier molecular flexibility index (Phi) is 6.08. The maximum absolute atomic E-state index is 11.9. The summed E-state index contributed by atoms with van der Waals surface area (Å²) in [5, 5.41) is 2.58. The molecule has 18 heavy (non-hydrogen) atoms. The van der Waals surface area contributed by atoms with E-state index in [2.05, 4.69) is 5.32 Å². The molecule has 1 aromatic carbocycles. The topological polar surface area (TPSA) is 49.4 Å². The van der Waals surface area contributed by atoms with E-state index in [1.807, 2.05) is 42.2 Å². The van der Waals surface area contributed by atoms with Crippen LogP contribution in [0.2, 0.25) is 0 Å². The van der Waals surface area contributed by atoms with Crippen LogP contribution in [0.4, 0.5) is 0 Å². The van der Waals surface area contributed by atoms with Gasteiger partial charge in [0.2, 0.25) is 5.91 Å². The number of nitrogens with one attached hydrogen (secondary N) is 1. The third-order valence-electron chi connectivity index (χ3n) is 2.84. The molecule has 0 saturated carbocycles. The summed E-state index contributed by atoms with van der Waals surface area (Å²) >= 11 is 0. The fourth-order valence-corrected chi connectivity index (χ4v) is 1.66. The maximum Gasteiger partial charge on any atom is 0.233 e. The Labute approximate surface area is 108 Å². The number of likely N-dealkylation sites (N-methyl/N-ethyl adjacent to an activating group) is 2. The van der Waals surface area contributed by atoms with Gasteiger partial charge in [0.05, 0.1) is 6.54 Å².